The molecule has 0 bridgehead atoms. The van der Waals surface area contributed by atoms with E-state index in [1.165, 1.54) is 0 Å². The summed E-state index contributed by atoms with van der Waals surface area (Å²) in [6, 6.07) is 0. The van der Waals surface area contributed by atoms with Crippen LogP contribution < -0.4 is 29.6 Å². The van der Waals surface area contributed by atoms with E-state index in [0.29, 0.717) is 0 Å². The van der Waals surface area contributed by atoms with Crippen LogP contribution in [0.25, 0.3) is 0 Å². The number of alkyl halides is 13. The SMILES string of the molecule is O=S(=O)([O-])C(F)(F)C(F)(F)C(F)(F)C(F)(F)C(F)(F)CCCCC(F)(F)F.[Na+]. The van der Waals surface area contributed by atoms with Crippen LogP contribution in [0.5, 0.6) is 0 Å². The summed E-state index contributed by atoms with van der Waals surface area (Å²) in [6.07, 6.45) is -12.2. The number of rotatable bonds is 9. The van der Waals surface area contributed by atoms with Crippen LogP contribution >= 0.6 is 0 Å². The summed E-state index contributed by atoms with van der Waals surface area (Å²) in [5.74, 6) is -29.2. The standard InChI is InChI=1S/C10H9F13O3S.Na/c11-5(12,3-1-2-4-6(13,14)15)7(16,17)8(18,19)9(20,21)10(22,23)27(24,25)26;/h1-4H2,(H,24,25,26);/q;+1/p-1. The van der Waals surface area contributed by atoms with Crippen molar-refractivity contribution in [1.82, 2.24) is 0 Å². The third-order valence-electron chi connectivity index (χ3n) is 3.13. The molecule has 0 aliphatic heterocycles. The first-order valence-corrected chi connectivity index (χ1v) is 7.78. The number of hydrogen-bond donors (Lipinski definition) is 0. The molecule has 0 unspecified atom stereocenters. The van der Waals surface area contributed by atoms with Crippen molar-refractivity contribution in [3.8, 4) is 0 Å². The van der Waals surface area contributed by atoms with Crippen LogP contribution in [-0.2, 0) is 10.1 Å². The van der Waals surface area contributed by atoms with E-state index in [0.717, 1.165) is 0 Å². The summed E-state index contributed by atoms with van der Waals surface area (Å²) in [5.41, 5.74) is 0. The van der Waals surface area contributed by atoms with Crippen LogP contribution in [-0.4, -0.2) is 48.1 Å². The quantitative estimate of drug-likeness (QED) is 0.220. The molecule has 0 fully saturated rings. The molecule has 0 aromatic heterocycles. The smallest absolute Gasteiger partial charge is 0.743 e. The molecular weight excluding hydrogens is 470 g/mol. The predicted octanol–water partition coefficient (Wildman–Crippen LogP) is 1.79. The fraction of sp³-hybridized carbons (Fsp3) is 1.00. The Labute approximate surface area is 170 Å². The van der Waals surface area contributed by atoms with E-state index in [2.05, 4.69) is 0 Å². The molecule has 0 rings (SSSR count). The Hall–Kier alpha value is -0.000000000000000444. The van der Waals surface area contributed by atoms with E-state index in [-0.39, 0.29) is 29.6 Å². The zero-order valence-electron chi connectivity index (χ0n) is 13.4. The summed E-state index contributed by atoms with van der Waals surface area (Å²) in [4.78, 5) is 0. The summed E-state index contributed by atoms with van der Waals surface area (Å²) in [7, 11) is -7.70. The van der Waals surface area contributed by atoms with E-state index in [1.54, 1.807) is 0 Å². The molecule has 3 nitrogen and oxygen atoms in total. The van der Waals surface area contributed by atoms with E-state index >= 15 is 0 Å². The molecule has 0 saturated heterocycles. The maximum Gasteiger partial charge on any atom is 1.00 e. The largest absolute Gasteiger partial charge is 1.00 e. The Morgan fingerprint density at radius 2 is 0.964 bits per heavy atom. The van der Waals surface area contributed by atoms with E-state index < -0.39 is 70.9 Å². The third kappa shape index (κ3) is 5.57. The van der Waals surface area contributed by atoms with Crippen molar-refractivity contribution in [2.24, 2.45) is 0 Å². The van der Waals surface area contributed by atoms with Crippen molar-refractivity contribution in [1.29, 1.82) is 0 Å². The van der Waals surface area contributed by atoms with Gasteiger partial charge in [-0.05, 0) is 12.8 Å². The average Bonchev–Trinajstić information content (AvgIpc) is 2.40. The van der Waals surface area contributed by atoms with Gasteiger partial charge in [-0.3, -0.25) is 0 Å². The van der Waals surface area contributed by atoms with Crippen molar-refractivity contribution >= 4 is 10.1 Å². The fourth-order valence-electron chi connectivity index (χ4n) is 1.60. The van der Waals surface area contributed by atoms with Gasteiger partial charge in [0.15, 0.2) is 10.1 Å². The summed E-state index contributed by atoms with van der Waals surface area (Å²) in [6.45, 7) is 0. The van der Waals surface area contributed by atoms with Gasteiger partial charge in [-0.25, -0.2) is 8.42 Å². The normalized spacial score (nSPS) is 15.4. The molecular formula is C10H8F13NaO3S. The first-order chi connectivity index (χ1) is 11.5. The number of unbranched alkanes of at least 4 members (excludes halogenated alkanes) is 1. The molecule has 0 saturated carbocycles. The number of hydrogen-bond acceptors (Lipinski definition) is 3. The van der Waals surface area contributed by atoms with Crippen molar-refractivity contribution in [2.75, 3.05) is 0 Å². The van der Waals surface area contributed by atoms with Crippen LogP contribution in [0.1, 0.15) is 25.7 Å². The molecule has 0 atom stereocenters. The van der Waals surface area contributed by atoms with Gasteiger partial charge in [-0.1, -0.05) is 0 Å². The first-order valence-electron chi connectivity index (χ1n) is 6.37. The third-order valence-corrected chi connectivity index (χ3v) is 4.01. The maximum absolute atomic E-state index is 13.2. The van der Waals surface area contributed by atoms with Gasteiger partial charge in [0, 0.05) is 12.8 Å². The zero-order valence-corrected chi connectivity index (χ0v) is 16.2. The Morgan fingerprint density at radius 3 is 1.29 bits per heavy atom. The molecule has 0 spiro atoms. The van der Waals surface area contributed by atoms with Gasteiger partial charge in [0.2, 0.25) is 0 Å². The second-order valence-electron chi connectivity index (χ2n) is 5.22. The van der Waals surface area contributed by atoms with Gasteiger partial charge in [0.1, 0.15) is 0 Å². The molecule has 28 heavy (non-hydrogen) atoms. The molecule has 0 heterocycles. The summed E-state index contributed by atoms with van der Waals surface area (Å²) < 4.78 is 196. The minimum absolute atomic E-state index is 0. The second-order valence-corrected chi connectivity index (χ2v) is 6.64. The molecule has 0 aromatic rings. The van der Waals surface area contributed by atoms with E-state index in [4.69, 9.17) is 0 Å². The molecule has 18 heteroatoms. The Bertz CT molecular complexity index is 629. The van der Waals surface area contributed by atoms with Crippen LogP contribution in [0.3, 0.4) is 0 Å². The van der Waals surface area contributed by atoms with Gasteiger partial charge in [0.05, 0.1) is 0 Å². The van der Waals surface area contributed by atoms with Gasteiger partial charge >= 0.3 is 64.7 Å². The summed E-state index contributed by atoms with van der Waals surface area (Å²) >= 11 is 0. The monoisotopic (exact) mass is 478 g/mol. The Morgan fingerprint density at radius 1 is 0.607 bits per heavy atom. The van der Waals surface area contributed by atoms with Gasteiger partial charge in [-0.15, -0.1) is 0 Å². The maximum atomic E-state index is 13.2. The van der Waals surface area contributed by atoms with Crippen molar-refractivity contribution in [2.45, 2.75) is 60.8 Å². The first kappa shape index (κ1) is 30.2. The second kappa shape index (κ2) is 8.63. The minimum Gasteiger partial charge on any atom is -0.743 e. The van der Waals surface area contributed by atoms with Crippen LogP contribution in [0.4, 0.5) is 57.1 Å². The van der Waals surface area contributed by atoms with Gasteiger partial charge in [-0.2, -0.15) is 57.1 Å². The summed E-state index contributed by atoms with van der Waals surface area (Å²) in [5, 5.41) is -7.40. The molecule has 0 aromatic carbocycles. The minimum atomic E-state index is -7.78. The zero-order chi connectivity index (χ0) is 22.3. The average molecular weight is 478 g/mol. The van der Waals surface area contributed by atoms with Gasteiger partial charge in [0.25, 0.3) is 0 Å². The van der Waals surface area contributed by atoms with Crippen molar-refractivity contribution in [3.05, 3.63) is 0 Å². The van der Waals surface area contributed by atoms with E-state index in [1.807, 2.05) is 0 Å². The Balaban J connectivity index is 0. The van der Waals surface area contributed by atoms with Crippen LogP contribution in [0.15, 0.2) is 0 Å². The van der Waals surface area contributed by atoms with Crippen molar-refractivity contribution in [3.63, 3.8) is 0 Å². The molecule has 0 N–H and O–H groups in total. The topological polar surface area (TPSA) is 57.2 Å². The van der Waals surface area contributed by atoms with Crippen molar-refractivity contribution < 1.29 is 99.6 Å². The van der Waals surface area contributed by atoms with Gasteiger partial charge < -0.3 is 4.55 Å². The molecule has 0 amide bonds. The number of halogens is 13. The Kier molecular flexibility index (Phi) is 9.30. The molecule has 0 radical (unpaired) electrons. The van der Waals surface area contributed by atoms with Crippen LogP contribution in [0.2, 0.25) is 0 Å². The molecule has 0 aliphatic carbocycles. The predicted molar refractivity (Wildman–Crippen MR) is 59.0 cm³/mol. The molecule has 164 valence electrons. The molecule has 0 aliphatic rings. The van der Waals surface area contributed by atoms with Crippen LogP contribution in [0, 0.1) is 0 Å². The fourth-order valence-corrected chi connectivity index (χ4v) is 2.04. The van der Waals surface area contributed by atoms with E-state index in [9.17, 15) is 70.0 Å².